The second kappa shape index (κ2) is 8.74. The van der Waals surface area contributed by atoms with E-state index in [-0.39, 0.29) is 11.6 Å². The molecular weight excluding hydrogens is 418 g/mol. The number of nitrogens with zero attached hydrogens (tertiary/aromatic N) is 2. The minimum absolute atomic E-state index is 0.0197. The monoisotopic (exact) mass is 449 g/mol. The number of imidazole rings is 1. The van der Waals surface area contributed by atoms with Crippen molar-refractivity contribution >= 4 is 40.4 Å². The highest BCUT2D eigenvalue weighted by molar-refractivity contribution is 7.13. The number of rotatable bonds is 4. The highest BCUT2D eigenvalue weighted by atomic mass is 32.1. The number of carbonyl (C=O) groups is 1. The summed E-state index contributed by atoms with van der Waals surface area (Å²) in [5.41, 5.74) is 5.03. The van der Waals surface area contributed by atoms with Crippen molar-refractivity contribution in [1.82, 2.24) is 14.5 Å². The summed E-state index contributed by atoms with van der Waals surface area (Å²) in [6.45, 7) is 0. The van der Waals surface area contributed by atoms with E-state index in [2.05, 4.69) is 17.5 Å². The molecule has 0 unspecified atom stereocenters. The smallest absolute Gasteiger partial charge is 0.328 e. The molecule has 0 radical (unpaired) electrons. The fourth-order valence-electron chi connectivity index (χ4n) is 5.26. The molecule has 0 atom stereocenters. The topological polar surface area (TPSA) is 56.0 Å². The van der Waals surface area contributed by atoms with Crippen LogP contribution in [0.5, 0.6) is 0 Å². The highest BCUT2D eigenvalue weighted by Gasteiger charge is 2.26. The molecule has 1 fully saturated rings. The van der Waals surface area contributed by atoms with Gasteiger partial charge in [0.1, 0.15) is 0 Å². The number of aromatic nitrogens is 2. The van der Waals surface area contributed by atoms with Crippen LogP contribution in [0.3, 0.4) is 0 Å². The Bertz CT molecular complexity index is 1250. The number of benzene rings is 1. The molecule has 0 aliphatic heterocycles. The highest BCUT2D eigenvalue weighted by Crippen LogP contribution is 2.36. The van der Waals surface area contributed by atoms with Gasteiger partial charge < -0.3 is 5.32 Å². The summed E-state index contributed by atoms with van der Waals surface area (Å²) in [5.74, 6) is 0.108. The first-order valence-electron chi connectivity index (χ1n) is 11.8. The molecule has 0 spiro atoms. The molecule has 2 heterocycles. The molecule has 1 aromatic carbocycles. The summed E-state index contributed by atoms with van der Waals surface area (Å²) in [6.07, 6.45) is 14.5. The summed E-state index contributed by atoms with van der Waals surface area (Å²) in [4.78, 5) is 28.0. The van der Waals surface area contributed by atoms with E-state index < -0.39 is 0 Å². The van der Waals surface area contributed by atoms with E-state index in [4.69, 9.17) is 0 Å². The lowest BCUT2D eigenvalue weighted by Crippen LogP contribution is -2.36. The van der Waals surface area contributed by atoms with Crippen LogP contribution in [0.25, 0.3) is 23.2 Å². The van der Waals surface area contributed by atoms with Crippen molar-refractivity contribution < 1.29 is 4.79 Å². The van der Waals surface area contributed by atoms with Crippen molar-refractivity contribution in [1.29, 1.82) is 0 Å². The number of nitrogens with one attached hydrogen (secondary N) is 1. The third kappa shape index (κ3) is 3.85. The lowest BCUT2D eigenvalue weighted by atomic mass is 9.92. The first-order chi connectivity index (χ1) is 15.5. The van der Waals surface area contributed by atoms with Gasteiger partial charge in [0.05, 0.1) is 16.6 Å². The minimum Gasteiger partial charge on any atom is -0.349 e. The Morgan fingerprint density at radius 2 is 1.75 bits per heavy atom. The molecule has 1 N–H and O–H groups in total. The summed E-state index contributed by atoms with van der Waals surface area (Å²) in [7, 11) is 3.60. The van der Waals surface area contributed by atoms with Gasteiger partial charge in [0.15, 0.2) is 0 Å². The van der Waals surface area contributed by atoms with Gasteiger partial charge in [0.25, 0.3) is 5.91 Å². The number of carbonyl (C=O) groups excluding carboxylic acids is 1. The van der Waals surface area contributed by atoms with Crippen LogP contribution in [0.2, 0.25) is 0 Å². The predicted octanol–water partition coefficient (Wildman–Crippen LogP) is 5.05. The lowest BCUT2D eigenvalue weighted by molar-refractivity contribution is 0.0927. The van der Waals surface area contributed by atoms with E-state index in [1.165, 1.54) is 36.1 Å². The quantitative estimate of drug-likeness (QED) is 0.606. The molecule has 0 bridgehead atoms. The van der Waals surface area contributed by atoms with Gasteiger partial charge in [-0.15, -0.1) is 11.3 Å². The molecule has 2 aliphatic rings. The third-order valence-corrected chi connectivity index (χ3v) is 8.35. The van der Waals surface area contributed by atoms with Crippen molar-refractivity contribution in [2.45, 2.75) is 63.8 Å². The Morgan fingerprint density at radius 1 is 1.00 bits per heavy atom. The van der Waals surface area contributed by atoms with Crippen molar-refractivity contribution in [3.63, 3.8) is 0 Å². The van der Waals surface area contributed by atoms with Gasteiger partial charge in [-0.3, -0.25) is 13.9 Å². The van der Waals surface area contributed by atoms with E-state index in [9.17, 15) is 9.59 Å². The van der Waals surface area contributed by atoms with Crippen LogP contribution >= 0.6 is 11.3 Å². The maximum absolute atomic E-state index is 13.4. The number of aryl methyl sites for hydroxylation is 3. The van der Waals surface area contributed by atoms with Crippen LogP contribution in [0, 0.1) is 0 Å². The van der Waals surface area contributed by atoms with E-state index >= 15 is 0 Å². The van der Waals surface area contributed by atoms with Gasteiger partial charge in [-0.1, -0.05) is 31.4 Å². The molecular formula is C26H31N3O2S. The minimum atomic E-state index is -0.0197. The normalized spacial score (nSPS) is 17.2. The van der Waals surface area contributed by atoms with Crippen LogP contribution in [-0.4, -0.2) is 21.1 Å². The molecule has 32 heavy (non-hydrogen) atoms. The van der Waals surface area contributed by atoms with E-state index in [0.717, 1.165) is 59.1 Å². The fraction of sp³-hybridized carbons (Fsp3) is 0.462. The molecule has 5 nitrogen and oxygen atoms in total. The van der Waals surface area contributed by atoms with Crippen LogP contribution in [-0.2, 0) is 26.9 Å². The first kappa shape index (κ1) is 21.3. The summed E-state index contributed by atoms with van der Waals surface area (Å²) >= 11 is 1.78. The first-order valence-corrected chi connectivity index (χ1v) is 12.6. The summed E-state index contributed by atoms with van der Waals surface area (Å²) < 4.78 is 3.35. The van der Waals surface area contributed by atoms with Crippen LogP contribution in [0.4, 0.5) is 0 Å². The Labute approximate surface area is 192 Å². The summed E-state index contributed by atoms with van der Waals surface area (Å²) in [6, 6.07) is 6.39. The van der Waals surface area contributed by atoms with E-state index in [1.54, 1.807) is 34.6 Å². The standard InChI is InChI=1S/C26H31N3O2S/c1-28-20-14-12-17(16-21(20)29(2)26(28)31)13-15-23-24(19-10-6-7-11-22(19)32-23)25(30)27-18-8-4-3-5-9-18/h12-16,18H,3-11H2,1-2H3,(H,27,30)/b15-13+. The molecule has 0 saturated heterocycles. The zero-order chi connectivity index (χ0) is 22.2. The van der Waals surface area contributed by atoms with Crippen LogP contribution in [0.15, 0.2) is 23.0 Å². The molecule has 2 aliphatic carbocycles. The molecule has 1 amide bonds. The van der Waals surface area contributed by atoms with Crippen molar-refractivity contribution in [2.24, 2.45) is 14.1 Å². The zero-order valence-electron chi connectivity index (χ0n) is 18.9. The Hall–Kier alpha value is -2.60. The largest absolute Gasteiger partial charge is 0.349 e. The fourth-order valence-corrected chi connectivity index (χ4v) is 6.55. The van der Waals surface area contributed by atoms with Crippen molar-refractivity contribution in [2.75, 3.05) is 0 Å². The Morgan fingerprint density at radius 3 is 2.56 bits per heavy atom. The van der Waals surface area contributed by atoms with Gasteiger partial charge in [0, 0.05) is 29.9 Å². The van der Waals surface area contributed by atoms with Crippen molar-refractivity contribution in [3.8, 4) is 0 Å². The number of amides is 1. The second-order valence-corrected chi connectivity index (χ2v) is 10.4. The molecule has 2 aromatic heterocycles. The van der Waals surface area contributed by atoms with Gasteiger partial charge in [-0.25, -0.2) is 4.79 Å². The van der Waals surface area contributed by atoms with Crippen LogP contribution < -0.4 is 11.0 Å². The third-order valence-electron chi connectivity index (χ3n) is 7.09. The molecule has 3 aromatic rings. The second-order valence-electron chi connectivity index (χ2n) is 9.24. The average Bonchev–Trinajstić information content (AvgIpc) is 3.29. The molecule has 168 valence electrons. The van der Waals surface area contributed by atoms with Gasteiger partial charge in [-0.2, -0.15) is 0 Å². The predicted molar refractivity (Wildman–Crippen MR) is 132 cm³/mol. The number of thiophene rings is 1. The zero-order valence-corrected chi connectivity index (χ0v) is 19.8. The van der Waals surface area contributed by atoms with Gasteiger partial charge >= 0.3 is 5.69 Å². The average molecular weight is 450 g/mol. The van der Waals surface area contributed by atoms with E-state index in [1.807, 2.05) is 18.2 Å². The Kier molecular flexibility index (Phi) is 5.80. The summed E-state index contributed by atoms with van der Waals surface area (Å²) in [5, 5.41) is 3.34. The SMILES string of the molecule is Cn1c(=O)n(C)c2cc(/C=C/c3sc4c(c3C(=O)NC3CCCCC3)CCCC4)ccc21. The van der Waals surface area contributed by atoms with Crippen LogP contribution in [0.1, 0.15) is 76.2 Å². The lowest BCUT2D eigenvalue weighted by Gasteiger charge is -2.23. The Balaban J connectivity index is 1.48. The maximum Gasteiger partial charge on any atom is 0.328 e. The molecule has 5 rings (SSSR count). The van der Waals surface area contributed by atoms with Crippen molar-refractivity contribution in [3.05, 3.63) is 55.1 Å². The van der Waals surface area contributed by atoms with Gasteiger partial charge in [0.2, 0.25) is 0 Å². The van der Waals surface area contributed by atoms with E-state index in [0.29, 0.717) is 6.04 Å². The number of fused-ring (bicyclic) bond motifs is 2. The maximum atomic E-state index is 13.4. The molecule has 6 heteroatoms. The molecule has 1 saturated carbocycles. The number of hydrogen-bond acceptors (Lipinski definition) is 3. The van der Waals surface area contributed by atoms with Gasteiger partial charge in [-0.05, 0) is 67.9 Å². The number of hydrogen-bond donors (Lipinski definition) is 1.